The summed E-state index contributed by atoms with van der Waals surface area (Å²) in [5.41, 5.74) is 1.99. The fraction of sp³-hybridized carbons (Fsp3) is 0.222. The van der Waals surface area contributed by atoms with Gasteiger partial charge in [0.25, 0.3) is 5.78 Å². The van der Waals surface area contributed by atoms with Crippen LogP contribution in [0.3, 0.4) is 0 Å². The molecule has 47 heavy (non-hydrogen) atoms. The van der Waals surface area contributed by atoms with Gasteiger partial charge in [0, 0.05) is 11.3 Å². The molecule has 11 heteroatoms. The van der Waals surface area contributed by atoms with Gasteiger partial charge in [0.2, 0.25) is 5.13 Å². The van der Waals surface area contributed by atoms with Crippen LogP contribution in [0.1, 0.15) is 42.5 Å². The number of aliphatic hydroxyl groups is 1. The molecule has 240 valence electrons. The zero-order valence-corrected chi connectivity index (χ0v) is 27.8. The molecule has 1 amide bonds. The number of rotatable bonds is 12. The van der Waals surface area contributed by atoms with E-state index in [0.717, 1.165) is 29.2 Å². The number of aliphatic hydroxyl groups excluding tert-OH is 1. The Morgan fingerprint density at radius 2 is 1.70 bits per heavy atom. The second kappa shape index (κ2) is 14.3. The second-order valence-electron chi connectivity index (χ2n) is 10.8. The summed E-state index contributed by atoms with van der Waals surface area (Å²) in [6, 6.07) is 25.4. The average Bonchev–Trinajstić information content (AvgIpc) is 3.68. The molecular weight excluding hydrogens is 635 g/mol. The van der Waals surface area contributed by atoms with Crippen molar-refractivity contribution in [3.63, 3.8) is 0 Å². The van der Waals surface area contributed by atoms with Crippen LogP contribution < -0.4 is 19.1 Å². The standard InChI is InChI=1S/C36H33N3O6S2/c1-4-5-19-45-26-16-13-23(14-17-26)31-30(32(40)24-15-18-28(43-2)29(20-24)44-3)33(41)34(42)39(31)35-37-38-36(47-35)46-21-25-11-8-10-22-9-6-7-12-27(22)25/h6-18,20,31,40H,4-5,19,21H2,1-3H3/b32-30-. The van der Waals surface area contributed by atoms with Crippen LogP contribution in [0.4, 0.5) is 5.13 Å². The maximum absolute atomic E-state index is 13.7. The number of fused-ring (bicyclic) bond motifs is 1. The number of nitrogens with zero attached hydrogens (tertiary/aromatic N) is 3. The number of carbonyl (C=O) groups is 2. The third-order valence-corrected chi connectivity index (χ3v) is 10.0. The Balaban J connectivity index is 1.36. The van der Waals surface area contributed by atoms with Crippen LogP contribution in [0.5, 0.6) is 17.2 Å². The first-order valence-electron chi connectivity index (χ1n) is 15.1. The van der Waals surface area contributed by atoms with Crippen LogP contribution in [0, 0.1) is 0 Å². The van der Waals surface area contributed by atoms with Gasteiger partial charge >= 0.3 is 5.91 Å². The number of carbonyl (C=O) groups excluding carboxylic acids is 2. The number of methoxy groups -OCH3 is 2. The van der Waals surface area contributed by atoms with Crippen LogP contribution in [0.15, 0.2) is 94.8 Å². The van der Waals surface area contributed by atoms with Gasteiger partial charge in [-0.15, -0.1) is 10.2 Å². The highest BCUT2D eigenvalue weighted by atomic mass is 32.2. The number of amides is 1. The van der Waals surface area contributed by atoms with Gasteiger partial charge in [-0.1, -0.05) is 91.0 Å². The monoisotopic (exact) mass is 667 g/mol. The van der Waals surface area contributed by atoms with Gasteiger partial charge in [0.05, 0.1) is 32.4 Å². The van der Waals surface area contributed by atoms with Gasteiger partial charge < -0.3 is 19.3 Å². The molecule has 4 aromatic carbocycles. The maximum atomic E-state index is 13.7. The number of hydrogen-bond acceptors (Lipinski definition) is 10. The lowest BCUT2D eigenvalue weighted by atomic mass is 9.95. The summed E-state index contributed by atoms with van der Waals surface area (Å²) in [5.74, 6) is 0.178. The van der Waals surface area contributed by atoms with E-state index in [2.05, 4.69) is 41.4 Å². The van der Waals surface area contributed by atoms with E-state index in [9.17, 15) is 14.7 Å². The topological polar surface area (TPSA) is 111 Å². The molecule has 1 unspecified atom stereocenters. The zero-order chi connectivity index (χ0) is 32.9. The van der Waals surface area contributed by atoms with Gasteiger partial charge in [0.1, 0.15) is 11.5 Å². The summed E-state index contributed by atoms with van der Waals surface area (Å²) in [6.45, 7) is 2.67. The summed E-state index contributed by atoms with van der Waals surface area (Å²) >= 11 is 2.73. The van der Waals surface area contributed by atoms with E-state index in [1.165, 1.54) is 42.2 Å². The summed E-state index contributed by atoms with van der Waals surface area (Å²) < 4.78 is 17.2. The first-order valence-corrected chi connectivity index (χ1v) is 16.9. The number of aromatic nitrogens is 2. The van der Waals surface area contributed by atoms with Gasteiger partial charge in [-0.2, -0.15) is 0 Å². The van der Waals surface area contributed by atoms with Crippen molar-refractivity contribution in [1.29, 1.82) is 0 Å². The largest absolute Gasteiger partial charge is 0.507 e. The molecule has 0 radical (unpaired) electrons. The first kappa shape index (κ1) is 32.1. The number of benzene rings is 4. The Morgan fingerprint density at radius 3 is 2.47 bits per heavy atom. The van der Waals surface area contributed by atoms with Crippen molar-refractivity contribution in [3.05, 3.63) is 107 Å². The quantitative estimate of drug-likeness (QED) is 0.0356. The minimum atomic E-state index is -0.961. The molecule has 1 N–H and O–H groups in total. The Kier molecular flexibility index (Phi) is 9.74. The summed E-state index contributed by atoms with van der Waals surface area (Å²) in [7, 11) is 2.99. The SMILES string of the molecule is CCCCOc1ccc(C2/C(=C(/O)c3ccc(OC)c(OC)c3)C(=O)C(=O)N2c2nnc(SCc3cccc4ccccc34)s2)cc1. The normalized spacial score (nSPS) is 15.7. The van der Waals surface area contributed by atoms with Gasteiger partial charge in [-0.3, -0.25) is 14.5 Å². The lowest BCUT2D eigenvalue weighted by molar-refractivity contribution is -0.132. The number of ketones is 1. The molecule has 0 aliphatic carbocycles. The fourth-order valence-corrected chi connectivity index (χ4v) is 7.35. The highest BCUT2D eigenvalue weighted by molar-refractivity contribution is 8.00. The van der Waals surface area contributed by atoms with Crippen molar-refractivity contribution in [3.8, 4) is 17.2 Å². The predicted molar refractivity (Wildman–Crippen MR) is 185 cm³/mol. The van der Waals surface area contributed by atoms with Crippen LogP contribution in [0.25, 0.3) is 16.5 Å². The van der Waals surface area contributed by atoms with E-state index in [-0.39, 0.29) is 16.5 Å². The van der Waals surface area contributed by atoms with E-state index in [4.69, 9.17) is 14.2 Å². The highest BCUT2D eigenvalue weighted by Crippen LogP contribution is 2.45. The van der Waals surface area contributed by atoms with Crippen LogP contribution in [-0.4, -0.2) is 47.8 Å². The van der Waals surface area contributed by atoms with Crippen molar-refractivity contribution in [2.24, 2.45) is 0 Å². The van der Waals surface area contributed by atoms with Gasteiger partial charge in [-0.25, -0.2) is 0 Å². The van der Waals surface area contributed by atoms with Crippen LogP contribution in [0.2, 0.25) is 0 Å². The Hall–Kier alpha value is -4.87. The van der Waals surface area contributed by atoms with Gasteiger partial charge in [0.15, 0.2) is 15.8 Å². The molecule has 1 aromatic heterocycles. The molecule has 9 nitrogen and oxygen atoms in total. The maximum Gasteiger partial charge on any atom is 0.301 e. The lowest BCUT2D eigenvalue weighted by Crippen LogP contribution is -2.29. The molecular formula is C36H33N3O6S2. The van der Waals surface area contributed by atoms with Crippen LogP contribution in [-0.2, 0) is 15.3 Å². The first-order chi connectivity index (χ1) is 22.9. The Labute approximate surface area is 280 Å². The van der Waals surface area contributed by atoms with Crippen molar-refractivity contribution in [1.82, 2.24) is 10.2 Å². The smallest absolute Gasteiger partial charge is 0.301 e. The predicted octanol–water partition coefficient (Wildman–Crippen LogP) is 7.81. The molecule has 1 fully saturated rings. The minimum absolute atomic E-state index is 0.0676. The number of thioether (sulfide) groups is 1. The minimum Gasteiger partial charge on any atom is -0.507 e. The van der Waals surface area contributed by atoms with Gasteiger partial charge in [-0.05, 0) is 58.7 Å². The highest BCUT2D eigenvalue weighted by Gasteiger charge is 2.48. The molecule has 2 heterocycles. The Morgan fingerprint density at radius 1 is 0.936 bits per heavy atom. The van der Waals surface area contributed by atoms with E-state index >= 15 is 0 Å². The number of anilines is 1. The summed E-state index contributed by atoms with van der Waals surface area (Å²) in [4.78, 5) is 28.8. The zero-order valence-electron chi connectivity index (χ0n) is 26.1. The molecule has 1 saturated heterocycles. The molecule has 1 aliphatic rings. The molecule has 0 bridgehead atoms. The summed E-state index contributed by atoms with van der Waals surface area (Å²) in [5, 5.41) is 22.9. The molecule has 1 aliphatic heterocycles. The Bertz CT molecular complexity index is 1950. The number of unbranched alkanes of at least 4 members (excludes halogenated alkanes) is 1. The second-order valence-corrected chi connectivity index (χ2v) is 13.0. The van der Waals surface area contributed by atoms with E-state index in [1.54, 1.807) is 42.5 Å². The average molecular weight is 668 g/mol. The lowest BCUT2D eigenvalue weighted by Gasteiger charge is -2.23. The molecule has 0 spiro atoms. The van der Waals surface area contributed by atoms with Crippen molar-refractivity contribution >= 4 is 56.5 Å². The third kappa shape index (κ3) is 6.54. The van der Waals surface area contributed by atoms with E-state index in [0.29, 0.717) is 45.1 Å². The third-order valence-electron chi connectivity index (χ3n) is 7.90. The molecule has 1 atom stereocenters. The fourth-order valence-electron chi connectivity index (χ4n) is 5.48. The summed E-state index contributed by atoms with van der Waals surface area (Å²) in [6.07, 6.45) is 1.93. The molecule has 0 saturated carbocycles. The molecule has 5 aromatic rings. The van der Waals surface area contributed by atoms with Crippen LogP contribution >= 0.6 is 23.1 Å². The van der Waals surface area contributed by atoms with Crippen molar-refractivity contribution in [2.45, 2.75) is 35.9 Å². The number of hydrogen-bond donors (Lipinski definition) is 1. The number of Topliss-reactive ketones (excluding diaryl/α,β-unsaturated/α-hetero) is 1. The van der Waals surface area contributed by atoms with Crippen molar-refractivity contribution in [2.75, 3.05) is 25.7 Å². The van der Waals surface area contributed by atoms with E-state index < -0.39 is 17.7 Å². The molecule has 6 rings (SSSR count). The van der Waals surface area contributed by atoms with Crippen molar-refractivity contribution < 1.29 is 28.9 Å². The van der Waals surface area contributed by atoms with E-state index in [1.807, 2.05) is 18.2 Å². The number of ether oxygens (including phenoxy) is 3.